The fraction of sp³-hybridized carbons (Fsp3) is 0.400. The van der Waals surface area contributed by atoms with Gasteiger partial charge in [-0.1, -0.05) is 6.07 Å². The molecule has 1 heterocycles. The predicted octanol–water partition coefficient (Wildman–Crippen LogP) is 2.74. The fourth-order valence-corrected chi connectivity index (χ4v) is 2.12. The van der Waals surface area contributed by atoms with Gasteiger partial charge in [0.05, 0.1) is 20.7 Å². The van der Waals surface area contributed by atoms with E-state index in [0.29, 0.717) is 0 Å². The Morgan fingerprint density at radius 3 is 2.61 bits per heavy atom. The highest BCUT2D eigenvalue weighted by atomic mass is 32.2. The average Bonchev–Trinajstić information content (AvgIpc) is 2.27. The molecule has 1 rings (SSSR count). The molecule has 98 valence electrons. The second kappa shape index (κ2) is 4.94. The third-order valence-electron chi connectivity index (χ3n) is 2.36. The minimum Gasteiger partial charge on any atom is -0.248 e. The molecule has 0 bridgehead atoms. The van der Waals surface area contributed by atoms with Gasteiger partial charge in [-0.3, -0.25) is 0 Å². The quantitative estimate of drug-likeness (QED) is 0.781. The van der Waals surface area contributed by atoms with Crippen LogP contribution in [0, 0.1) is 11.5 Å². The monoisotopic (exact) mass is 277 g/mol. The van der Waals surface area contributed by atoms with Crippen molar-refractivity contribution in [1.29, 1.82) is 5.26 Å². The molecule has 0 saturated heterocycles. The Kier molecular flexibility index (Phi) is 3.96. The van der Waals surface area contributed by atoms with Gasteiger partial charge in [0, 0.05) is 6.26 Å². The van der Waals surface area contributed by atoms with E-state index in [1.54, 1.807) is 0 Å². The number of pyridine rings is 1. The molecule has 0 aromatic carbocycles. The lowest BCUT2D eigenvalue weighted by Gasteiger charge is -2.13. The molecule has 0 aliphatic rings. The molecule has 4 nitrogen and oxygen atoms in total. The van der Waals surface area contributed by atoms with Crippen molar-refractivity contribution >= 4 is 9.73 Å². The van der Waals surface area contributed by atoms with Crippen LogP contribution < -0.4 is 0 Å². The van der Waals surface area contributed by atoms with Crippen LogP contribution in [0.15, 0.2) is 22.6 Å². The summed E-state index contributed by atoms with van der Waals surface area (Å²) in [4.78, 5) is 3.42. The second-order valence-corrected chi connectivity index (χ2v) is 6.25. The van der Waals surface area contributed by atoms with Crippen molar-refractivity contribution in [3.63, 3.8) is 0 Å². The van der Waals surface area contributed by atoms with E-state index >= 15 is 0 Å². The van der Waals surface area contributed by atoms with Crippen molar-refractivity contribution in [2.75, 3.05) is 6.26 Å². The zero-order valence-corrected chi connectivity index (χ0v) is 10.4. The van der Waals surface area contributed by atoms with E-state index in [0.717, 1.165) is 6.07 Å². The van der Waals surface area contributed by atoms with E-state index in [-0.39, 0.29) is 5.69 Å². The van der Waals surface area contributed by atoms with Crippen molar-refractivity contribution in [1.82, 2.24) is 4.98 Å². The molecular formula is C10H10F3N3OS. The lowest BCUT2D eigenvalue weighted by Crippen LogP contribution is -2.13. The van der Waals surface area contributed by atoms with E-state index in [1.165, 1.54) is 31.5 Å². The summed E-state index contributed by atoms with van der Waals surface area (Å²) < 4.78 is 52.6. The molecule has 8 heteroatoms. The summed E-state index contributed by atoms with van der Waals surface area (Å²) in [5.41, 5.74) is -1.06. The number of halogens is 3. The van der Waals surface area contributed by atoms with Gasteiger partial charge in [0.25, 0.3) is 0 Å². The van der Waals surface area contributed by atoms with E-state index in [2.05, 4.69) is 9.35 Å². The van der Waals surface area contributed by atoms with Crippen molar-refractivity contribution in [2.24, 2.45) is 4.36 Å². The number of rotatable bonds is 2. The maximum Gasteiger partial charge on any atom is 0.433 e. The summed E-state index contributed by atoms with van der Waals surface area (Å²) in [5, 5.41) is 7.52. The molecule has 1 aromatic heterocycles. The molecule has 1 aromatic rings. The second-order valence-electron chi connectivity index (χ2n) is 3.64. The van der Waals surface area contributed by atoms with Crippen LogP contribution in [0.25, 0.3) is 0 Å². The molecule has 0 radical (unpaired) electrons. The zero-order chi connectivity index (χ0) is 14.0. The third-order valence-corrected chi connectivity index (χ3v) is 4.35. The molecule has 0 spiro atoms. The Labute approximate surface area is 103 Å². The summed E-state index contributed by atoms with van der Waals surface area (Å²) in [5.74, 6) is 0. The lowest BCUT2D eigenvalue weighted by molar-refractivity contribution is -0.141. The first-order chi connectivity index (χ1) is 8.18. The number of hydrogen-bond acceptors (Lipinski definition) is 4. The highest BCUT2D eigenvalue weighted by Gasteiger charge is 2.33. The number of nitriles is 1. The topological polar surface area (TPSA) is 66.1 Å². The minimum absolute atomic E-state index is 0.00340. The lowest BCUT2D eigenvalue weighted by atomic mass is 10.2. The maximum absolute atomic E-state index is 12.5. The average molecular weight is 277 g/mol. The van der Waals surface area contributed by atoms with E-state index in [9.17, 15) is 17.4 Å². The Bertz CT molecular complexity index is 597. The standard InChI is InChI=1S/C10H10F3N3OS/c1-7(18(2,17)15-6-14)8-4-3-5-9(16-8)10(11,12)13/h3-5,7H,1-2H3. The van der Waals surface area contributed by atoms with E-state index in [4.69, 9.17) is 5.26 Å². The molecular weight excluding hydrogens is 267 g/mol. The third kappa shape index (κ3) is 3.20. The molecule has 2 unspecified atom stereocenters. The Balaban J connectivity index is 3.25. The van der Waals surface area contributed by atoms with Crippen LogP contribution >= 0.6 is 0 Å². The van der Waals surface area contributed by atoms with Gasteiger partial charge in [0.15, 0.2) is 0 Å². The van der Waals surface area contributed by atoms with Crippen LogP contribution in [0.3, 0.4) is 0 Å². The summed E-state index contributed by atoms with van der Waals surface area (Å²) in [6, 6.07) is 3.34. The Hall–Kier alpha value is -1.62. The molecule has 18 heavy (non-hydrogen) atoms. The molecule has 0 saturated carbocycles. The van der Waals surface area contributed by atoms with Crippen molar-refractivity contribution in [3.05, 3.63) is 29.6 Å². The minimum atomic E-state index is -4.56. The zero-order valence-electron chi connectivity index (χ0n) is 9.60. The van der Waals surface area contributed by atoms with Gasteiger partial charge in [-0.05, 0) is 19.1 Å². The fourth-order valence-electron chi connectivity index (χ4n) is 1.22. The van der Waals surface area contributed by atoms with Crippen molar-refractivity contribution in [2.45, 2.75) is 18.3 Å². The summed E-state index contributed by atoms with van der Waals surface area (Å²) in [6.07, 6.45) is -1.94. The first-order valence-electron chi connectivity index (χ1n) is 4.81. The van der Waals surface area contributed by atoms with Crippen LogP contribution in [-0.4, -0.2) is 15.4 Å². The number of nitrogens with zero attached hydrogens (tertiary/aromatic N) is 3. The summed E-state index contributed by atoms with van der Waals surface area (Å²) in [6.45, 7) is 1.42. The van der Waals surface area contributed by atoms with E-state index < -0.39 is 26.8 Å². The van der Waals surface area contributed by atoms with Gasteiger partial charge in [-0.15, -0.1) is 4.36 Å². The molecule has 0 N–H and O–H groups in total. The van der Waals surface area contributed by atoms with Crippen LogP contribution in [0.1, 0.15) is 23.6 Å². The highest BCUT2D eigenvalue weighted by molar-refractivity contribution is 7.93. The normalized spacial score (nSPS) is 16.4. The van der Waals surface area contributed by atoms with Crippen LogP contribution in [0.2, 0.25) is 0 Å². The molecule has 2 atom stereocenters. The number of hydrogen-bond donors (Lipinski definition) is 0. The molecule has 0 fully saturated rings. The van der Waals surface area contributed by atoms with Gasteiger partial charge in [0.1, 0.15) is 5.69 Å². The first kappa shape index (κ1) is 14.4. The van der Waals surface area contributed by atoms with Crippen LogP contribution in [0.5, 0.6) is 0 Å². The Morgan fingerprint density at radius 1 is 1.50 bits per heavy atom. The Morgan fingerprint density at radius 2 is 2.11 bits per heavy atom. The predicted molar refractivity (Wildman–Crippen MR) is 59.8 cm³/mol. The summed E-state index contributed by atoms with van der Waals surface area (Å²) in [7, 11) is -2.94. The molecule has 0 aliphatic carbocycles. The van der Waals surface area contributed by atoms with Gasteiger partial charge >= 0.3 is 6.18 Å². The van der Waals surface area contributed by atoms with Gasteiger partial charge < -0.3 is 0 Å². The largest absolute Gasteiger partial charge is 0.433 e. The van der Waals surface area contributed by atoms with Crippen LogP contribution in [0.4, 0.5) is 13.2 Å². The summed E-state index contributed by atoms with van der Waals surface area (Å²) >= 11 is 0. The van der Waals surface area contributed by atoms with Crippen LogP contribution in [-0.2, 0) is 15.9 Å². The van der Waals surface area contributed by atoms with Gasteiger partial charge in [-0.25, -0.2) is 9.19 Å². The molecule has 0 aliphatic heterocycles. The number of aromatic nitrogens is 1. The van der Waals surface area contributed by atoms with Gasteiger partial charge in [0.2, 0.25) is 6.19 Å². The molecule has 0 amide bonds. The van der Waals surface area contributed by atoms with Crippen molar-refractivity contribution in [3.8, 4) is 6.19 Å². The SMILES string of the molecule is CC(c1cccc(C(F)(F)F)n1)S(C)(=O)=NC#N. The number of alkyl halides is 3. The van der Waals surface area contributed by atoms with Gasteiger partial charge in [-0.2, -0.15) is 18.4 Å². The van der Waals surface area contributed by atoms with Crippen molar-refractivity contribution < 1.29 is 17.4 Å². The highest BCUT2D eigenvalue weighted by Crippen LogP contribution is 2.29. The smallest absolute Gasteiger partial charge is 0.248 e. The maximum atomic E-state index is 12.5. The first-order valence-corrected chi connectivity index (χ1v) is 6.80. The van der Waals surface area contributed by atoms with E-state index in [1.807, 2.05) is 0 Å².